The molecular formula is C17H25F3N2O3. The quantitative estimate of drug-likeness (QED) is 0.666. The smallest absolute Gasteiger partial charge is 0.405 e. The van der Waals surface area contributed by atoms with Crippen molar-refractivity contribution in [2.75, 3.05) is 25.1 Å². The Morgan fingerprint density at radius 1 is 1.12 bits per heavy atom. The molecule has 142 valence electrons. The number of benzene rings is 1. The number of rotatable bonds is 10. The second-order valence-corrected chi connectivity index (χ2v) is 5.56. The topological polar surface area (TPSA) is 59.6 Å². The molecule has 25 heavy (non-hydrogen) atoms. The standard InChI is InChI=1S/C17H25F3N2O3/c1-4-8-24-14-7-6-13(10-15(14)25-9-5-2)22-12(3)16(23)21-11-17(18,19)20/h6-7,10,12,22H,4-5,8-9,11H2,1-3H3,(H,21,23). The first-order chi connectivity index (χ1) is 11.8. The first kappa shape index (κ1) is 20.9. The molecule has 1 aromatic carbocycles. The molecular weight excluding hydrogens is 337 g/mol. The number of carbonyl (C=O) groups excluding carboxylic acids is 1. The highest BCUT2D eigenvalue weighted by Gasteiger charge is 2.28. The molecule has 0 spiro atoms. The Bertz CT molecular complexity index is 550. The predicted molar refractivity (Wildman–Crippen MR) is 90.2 cm³/mol. The van der Waals surface area contributed by atoms with Gasteiger partial charge in [0.25, 0.3) is 0 Å². The maximum atomic E-state index is 12.2. The van der Waals surface area contributed by atoms with Gasteiger partial charge in [-0.05, 0) is 31.9 Å². The van der Waals surface area contributed by atoms with Crippen molar-refractivity contribution in [3.63, 3.8) is 0 Å². The molecule has 0 bridgehead atoms. The van der Waals surface area contributed by atoms with Gasteiger partial charge in [0.2, 0.25) is 5.91 Å². The maximum absolute atomic E-state index is 12.2. The Morgan fingerprint density at radius 2 is 1.72 bits per heavy atom. The fourth-order valence-corrected chi connectivity index (χ4v) is 1.91. The number of hydrogen-bond acceptors (Lipinski definition) is 4. The minimum absolute atomic E-state index is 0.508. The average molecular weight is 362 g/mol. The number of carbonyl (C=O) groups is 1. The Hall–Kier alpha value is -2.12. The summed E-state index contributed by atoms with van der Waals surface area (Å²) in [5.74, 6) is 0.387. The zero-order chi connectivity index (χ0) is 18.9. The maximum Gasteiger partial charge on any atom is 0.405 e. The molecule has 0 aliphatic heterocycles. The van der Waals surface area contributed by atoms with E-state index >= 15 is 0 Å². The first-order valence-corrected chi connectivity index (χ1v) is 8.27. The predicted octanol–water partition coefficient (Wildman–Crippen LogP) is 3.74. The van der Waals surface area contributed by atoms with Crippen molar-refractivity contribution >= 4 is 11.6 Å². The number of amides is 1. The van der Waals surface area contributed by atoms with Crippen LogP contribution in [0.3, 0.4) is 0 Å². The molecule has 0 saturated heterocycles. The van der Waals surface area contributed by atoms with Gasteiger partial charge in [-0.15, -0.1) is 0 Å². The van der Waals surface area contributed by atoms with Crippen molar-refractivity contribution in [2.45, 2.75) is 45.8 Å². The van der Waals surface area contributed by atoms with E-state index in [-0.39, 0.29) is 0 Å². The van der Waals surface area contributed by atoms with E-state index in [1.54, 1.807) is 18.2 Å². The van der Waals surface area contributed by atoms with Crippen molar-refractivity contribution in [2.24, 2.45) is 0 Å². The van der Waals surface area contributed by atoms with E-state index < -0.39 is 24.7 Å². The summed E-state index contributed by atoms with van der Waals surface area (Å²) in [6.45, 7) is 5.15. The lowest BCUT2D eigenvalue weighted by Crippen LogP contribution is -2.42. The van der Waals surface area contributed by atoms with Gasteiger partial charge in [0, 0.05) is 11.8 Å². The molecule has 1 unspecified atom stereocenters. The summed E-state index contributed by atoms with van der Waals surface area (Å²) in [5.41, 5.74) is 0.560. The van der Waals surface area contributed by atoms with Crippen LogP contribution in [0.25, 0.3) is 0 Å². The zero-order valence-electron chi connectivity index (χ0n) is 14.7. The monoisotopic (exact) mass is 362 g/mol. The van der Waals surface area contributed by atoms with Crippen LogP contribution in [0.1, 0.15) is 33.6 Å². The number of ether oxygens (including phenoxy) is 2. The first-order valence-electron chi connectivity index (χ1n) is 8.27. The summed E-state index contributed by atoms with van der Waals surface area (Å²) in [4.78, 5) is 11.7. The van der Waals surface area contributed by atoms with Crippen LogP contribution in [0.2, 0.25) is 0 Å². The Balaban J connectivity index is 2.74. The fourth-order valence-electron chi connectivity index (χ4n) is 1.91. The molecule has 0 aliphatic rings. The van der Waals surface area contributed by atoms with Gasteiger partial charge in [0.05, 0.1) is 13.2 Å². The van der Waals surface area contributed by atoms with E-state index in [0.717, 1.165) is 12.8 Å². The van der Waals surface area contributed by atoms with Crippen LogP contribution in [0.4, 0.5) is 18.9 Å². The summed E-state index contributed by atoms with van der Waals surface area (Å²) in [5, 5.41) is 4.71. The van der Waals surface area contributed by atoms with Crippen molar-refractivity contribution < 1.29 is 27.4 Å². The van der Waals surface area contributed by atoms with Gasteiger partial charge < -0.3 is 20.1 Å². The van der Waals surface area contributed by atoms with Crippen molar-refractivity contribution in [3.8, 4) is 11.5 Å². The molecule has 8 heteroatoms. The highest BCUT2D eigenvalue weighted by molar-refractivity contribution is 5.84. The van der Waals surface area contributed by atoms with E-state index in [1.165, 1.54) is 6.92 Å². The Labute approximate surface area is 145 Å². The van der Waals surface area contributed by atoms with Crippen LogP contribution in [0.5, 0.6) is 11.5 Å². The minimum Gasteiger partial charge on any atom is -0.490 e. The number of anilines is 1. The van der Waals surface area contributed by atoms with Gasteiger partial charge in [-0.3, -0.25) is 4.79 Å². The Kier molecular flexibility index (Phi) is 8.37. The molecule has 0 fully saturated rings. The lowest BCUT2D eigenvalue weighted by atomic mass is 10.2. The normalized spacial score (nSPS) is 12.4. The average Bonchev–Trinajstić information content (AvgIpc) is 2.56. The van der Waals surface area contributed by atoms with Gasteiger partial charge >= 0.3 is 6.18 Å². The second-order valence-electron chi connectivity index (χ2n) is 5.56. The molecule has 1 aromatic rings. The summed E-state index contributed by atoms with van der Waals surface area (Å²) >= 11 is 0. The van der Waals surface area contributed by atoms with Crippen LogP contribution in [-0.4, -0.2) is 37.9 Å². The van der Waals surface area contributed by atoms with Gasteiger partial charge in [0.1, 0.15) is 12.6 Å². The van der Waals surface area contributed by atoms with Crippen LogP contribution in [-0.2, 0) is 4.79 Å². The molecule has 0 heterocycles. The lowest BCUT2D eigenvalue weighted by Gasteiger charge is -2.18. The molecule has 1 amide bonds. The van der Waals surface area contributed by atoms with Crippen molar-refractivity contribution in [3.05, 3.63) is 18.2 Å². The van der Waals surface area contributed by atoms with E-state index in [9.17, 15) is 18.0 Å². The van der Waals surface area contributed by atoms with E-state index in [2.05, 4.69) is 5.32 Å². The molecule has 0 aromatic heterocycles. The van der Waals surface area contributed by atoms with Crippen molar-refractivity contribution in [1.82, 2.24) is 5.32 Å². The summed E-state index contributed by atoms with van der Waals surface area (Å²) in [6, 6.07) is 4.25. The molecule has 0 saturated carbocycles. The molecule has 2 N–H and O–H groups in total. The summed E-state index contributed by atoms with van der Waals surface area (Å²) < 4.78 is 47.7. The minimum atomic E-state index is -4.44. The molecule has 1 atom stereocenters. The van der Waals surface area contributed by atoms with Crippen molar-refractivity contribution in [1.29, 1.82) is 0 Å². The van der Waals surface area contributed by atoms with Gasteiger partial charge in [-0.2, -0.15) is 13.2 Å². The van der Waals surface area contributed by atoms with Gasteiger partial charge in [0.15, 0.2) is 11.5 Å². The number of halogens is 3. The summed E-state index contributed by atoms with van der Waals surface area (Å²) in [7, 11) is 0. The molecule has 0 radical (unpaired) electrons. The summed E-state index contributed by atoms with van der Waals surface area (Å²) in [6.07, 6.45) is -2.76. The fraction of sp³-hybridized carbons (Fsp3) is 0.588. The van der Waals surface area contributed by atoms with Gasteiger partial charge in [-0.1, -0.05) is 13.8 Å². The van der Waals surface area contributed by atoms with Gasteiger partial charge in [-0.25, -0.2) is 0 Å². The van der Waals surface area contributed by atoms with Crippen LogP contribution >= 0.6 is 0 Å². The SMILES string of the molecule is CCCOc1ccc(NC(C)C(=O)NCC(F)(F)F)cc1OCCC. The highest BCUT2D eigenvalue weighted by Crippen LogP contribution is 2.31. The van der Waals surface area contributed by atoms with Crippen LogP contribution in [0.15, 0.2) is 18.2 Å². The number of alkyl halides is 3. The van der Waals surface area contributed by atoms with Crippen LogP contribution < -0.4 is 20.1 Å². The van der Waals surface area contributed by atoms with E-state index in [0.29, 0.717) is 30.4 Å². The third kappa shape index (κ3) is 8.00. The number of nitrogens with one attached hydrogen (secondary N) is 2. The molecule has 1 rings (SSSR count). The van der Waals surface area contributed by atoms with Crippen LogP contribution in [0, 0.1) is 0 Å². The third-order valence-electron chi connectivity index (χ3n) is 3.11. The molecule has 0 aliphatic carbocycles. The third-order valence-corrected chi connectivity index (χ3v) is 3.11. The Morgan fingerprint density at radius 3 is 2.28 bits per heavy atom. The van der Waals surface area contributed by atoms with E-state index in [1.807, 2.05) is 19.2 Å². The number of hydrogen-bond donors (Lipinski definition) is 2. The highest BCUT2D eigenvalue weighted by atomic mass is 19.4. The molecule has 5 nitrogen and oxygen atoms in total. The largest absolute Gasteiger partial charge is 0.490 e. The zero-order valence-corrected chi connectivity index (χ0v) is 14.7. The van der Waals surface area contributed by atoms with E-state index in [4.69, 9.17) is 9.47 Å². The lowest BCUT2D eigenvalue weighted by molar-refractivity contribution is -0.138. The second kappa shape index (κ2) is 10.0.